The van der Waals surface area contributed by atoms with Gasteiger partial charge in [0.15, 0.2) is 6.10 Å². The fourth-order valence-electron chi connectivity index (χ4n) is 2.10. The monoisotopic (exact) mass is 367 g/mol. The molecule has 0 aliphatic carbocycles. The van der Waals surface area contributed by atoms with Crippen molar-refractivity contribution in [2.75, 3.05) is 12.3 Å². The summed E-state index contributed by atoms with van der Waals surface area (Å²) in [7, 11) is 0. The average molecular weight is 368 g/mol. The Hall–Kier alpha value is -1.59. The first-order valence-corrected chi connectivity index (χ1v) is 9.44. The number of furan rings is 1. The van der Waals surface area contributed by atoms with Gasteiger partial charge in [0.2, 0.25) is 0 Å². The minimum atomic E-state index is -0.499. The van der Waals surface area contributed by atoms with Gasteiger partial charge in [0.1, 0.15) is 11.5 Å². The molecule has 0 fully saturated rings. The van der Waals surface area contributed by atoms with E-state index >= 15 is 0 Å². The fraction of sp³-hybridized carbons (Fsp3) is 0.389. The standard InChI is InChI=1S/C18H22ClNO3S/c1-3-17(23-14-6-7-16(19)13(2)11-14)18(21)20-8-10-24-12-15-5-4-9-22-15/h4-7,9,11,17H,3,8,10,12H2,1-2H3,(H,20,21)/t17-/m1/s1. The third-order valence-electron chi connectivity index (χ3n) is 3.44. The number of amides is 1. The minimum absolute atomic E-state index is 0.0938. The van der Waals surface area contributed by atoms with Crippen LogP contribution in [0.15, 0.2) is 41.0 Å². The highest BCUT2D eigenvalue weighted by atomic mass is 35.5. The maximum absolute atomic E-state index is 12.2. The molecule has 0 unspecified atom stereocenters. The molecular formula is C18H22ClNO3S. The van der Waals surface area contributed by atoms with Crippen LogP contribution >= 0.6 is 23.4 Å². The summed E-state index contributed by atoms with van der Waals surface area (Å²) in [6.07, 6.45) is 1.77. The Kier molecular flexibility index (Phi) is 7.53. The molecule has 24 heavy (non-hydrogen) atoms. The first-order chi connectivity index (χ1) is 11.6. The van der Waals surface area contributed by atoms with E-state index in [-0.39, 0.29) is 5.91 Å². The second-order valence-corrected chi connectivity index (χ2v) is 6.86. The van der Waals surface area contributed by atoms with Gasteiger partial charge < -0.3 is 14.5 Å². The molecule has 0 aliphatic heterocycles. The number of carbonyl (C=O) groups is 1. The zero-order valence-corrected chi connectivity index (χ0v) is 15.5. The molecule has 1 amide bonds. The molecule has 0 radical (unpaired) electrons. The van der Waals surface area contributed by atoms with Gasteiger partial charge in [-0.3, -0.25) is 4.79 Å². The molecule has 1 atom stereocenters. The van der Waals surface area contributed by atoms with Gasteiger partial charge in [0, 0.05) is 17.3 Å². The van der Waals surface area contributed by atoms with E-state index in [1.165, 1.54) is 0 Å². The highest BCUT2D eigenvalue weighted by molar-refractivity contribution is 7.98. The molecule has 1 heterocycles. The van der Waals surface area contributed by atoms with Crippen LogP contribution in [0.3, 0.4) is 0 Å². The first-order valence-electron chi connectivity index (χ1n) is 7.90. The summed E-state index contributed by atoms with van der Waals surface area (Å²) in [6, 6.07) is 9.23. The molecule has 4 nitrogen and oxygen atoms in total. The molecule has 130 valence electrons. The number of carbonyl (C=O) groups excluding carboxylic acids is 1. The molecule has 1 N–H and O–H groups in total. The number of hydrogen-bond acceptors (Lipinski definition) is 4. The van der Waals surface area contributed by atoms with Gasteiger partial charge in [-0.05, 0) is 49.2 Å². The lowest BCUT2D eigenvalue weighted by Gasteiger charge is -2.17. The molecule has 0 saturated carbocycles. The van der Waals surface area contributed by atoms with Crippen molar-refractivity contribution in [2.45, 2.75) is 32.1 Å². The fourth-order valence-corrected chi connectivity index (χ4v) is 2.98. The van der Waals surface area contributed by atoms with Crippen LogP contribution in [0.25, 0.3) is 0 Å². The van der Waals surface area contributed by atoms with E-state index in [2.05, 4.69) is 5.32 Å². The second kappa shape index (κ2) is 9.64. The van der Waals surface area contributed by atoms with Crippen LogP contribution in [-0.4, -0.2) is 24.3 Å². The van der Waals surface area contributed by atoms with Crippen LogP contribution in [0.1, 0.15) is 24.7 Å². The maximum atomic E-state index is 12.2. The Morgan fingerprint density at radius 3 is 2.92 bits per heavy atom. The molecule has 0 spiro atoms. The molecule has 2 rings (SSSR count). The van der Waals surface area contributed by atoms with Crippen LogP contribution in [0.5, 0.6) is 5.75 Å². The van der Waals surface area contributed by atoms with Crippen LogP contribution in [-0.2, 0) is 10.5 Å². The highest BCUT2D eigenvalue weighted by Crippen LogP contribution is 2.22. The number of benzene rings is 1. The van der Waals surface area contributed by atoms with Gasteiger partial charge >= 0.3 is 0 Å². The zero-order valence-electron chi connectivity index (χ0n) is 13.9. The third-order valence-corrected chi connectivity index (χ3v) is 4.85. The van der Waals surface area contributed by atoms with Crippen molar-refractivity contribution in [3.8, 4) is 5.75 Å². The maximum Gasteiger partial charge on any atom is 0.261 e. The van der Waals surface area contributed by atoms with E-state index in [9.17, 15) is 4.79 Å². The van der Waals surface area contributed by atoms with E-state index in [1.807, 2.05) is 32.0 Å². The summed E-state index contributed by atoms with van der Waals surface area (Å²) >= 11 is 7.72. The Morgan fingerprint density at radius 1 is 1.42 bits per heavy atom. The van der Waals surface area contributed by atoms with Crippen molar-refractivity contribution in [2.24, 2.45) is 0 Å². The SMILES string of the molecule is CC[C@@H](Oc1ccc(Cl)c(C)c1)C(=O)NCCSCc1ccco1. The third kappa shape index (κ3) is 5.80. The summed E-state index contributed by atoms with van der Waals surface area (Å²) in [6.45, 7) is 4.44. The van der Waals surface area contributed by atoms with E-state index in [0.717, 1.165) is 22.8 Å². The Bertz CT molecular complexity index is 646. The van der Waals surface area contributed by atoms with E-state index in [1.54, 1.807) is 30.2 Å². The number of hydrogen-bond donors (Lipinski definition) is 1. The largest absolute Gasteiger partial charge is 0.481 e. The molecule has 0 bridgehead atoms. The van der Waals surface area contributed by atoms with Crippen molar-refractivity contribution in [3.63, 3.8) is 0 Å². The molecule has 0 saturated heterocycles. The molecule has 1 aromatic carbocycles. The molecule has 1 aromatic heterocycles. The summed E-state index contributed by atoms with van der Waals surface area (Å²) in [4.78, 5) is 12.2. The average Bonchev–Trinajstić information content (AvgIpc) is 3.08. The quantitative estimate of drug-likeness (QED) is 0.665. The predicted molar refractivity (Wildman–Crippen MR) is 98.8 cm³/mol. The van der Waals surface area contributed by atoms with Gasteiger partial charge in [-0.25, -0.2) is 0 Å². The van der Waals surface area contributed by atoms with E-state index in [4.69, 9.17) is 20.8 Å². The van der Waals surface area contributed by atoms with E-state index < -0.39 is 6.10 Å². The van der Waals surface area contributed by atoms with Crippen molar-refractivity contribution in [3.05, 3.63) is 52.9 Å². The Balaban J connectivity index is 1.73. The number of nitrogens with one attached hydrogen (secondary N) is 1. The molecule has 2 aromatic rings. The number of thioether (sulfide) groups is 1. The summed E-state index contributed by atoms with van der Waals surface area (Å²) in [5, 5.41) is 3.61. The Morgan fingerprint density at radius 2 is 2.25 bits per heavy atom. The van der Waals surface area contributed by atoms with Crippen LogP contribution in [0.2, 0.25) is 5.02 Å². The van der Waals surface area contributed by atoms with Crippen molar-refractivity contribution >= 4 is 29.3 Å². The van der Waals surface area contributed by atoms with Gasteiger partial charge in [0.05, 0.1) is 12.0 Å². The second-order valence-electron chi connectivity index (χ2n) is 5.35. The normalized spacial score (nSPS) is 12.0. The smallest absolute Gasteiger partial charge is 0.261 e. The summed E-state index contributed by atoms with van der Waals surface area (Å²) < 4.78 is 11.0. The van der Waals surface area contributed by atoms with Crippen LogP contribution in [0, 0.1) is 6.92 Å². The van der Waals surface area contributed by atoms with Crippen molar-refractivity contribution in [1.29, 1.82) is 0 Å². The molecule has 6 heteroatoms. The van der Waals surface area contributed by atoms with Gasteiger partial charge in [-0.2, -0.15) is 11.8 Å². The van der Waals surface area contributed by atoms with Gasteiger partial charge in [0.25, 0.3) is 5.91 Å². The lowest BCUT2D eigenvalue weighted by atomic mass is 10.2. The molecule has 0 aliphatic rings. The lowest BCUT2D eigenvalue weighted by molar-refractivity contribution is -0.127. The topological polar surface area (TPSA) is 51.5 Å². The van der Waals surface area contributed by atoms with Gasteiger partial charge in [-0.15, -0.1) is 0 Å². The summed E-state index contributed by atoms with van der Waals surface area (Å²) in [5.41, 5.74) is 0.929. The summed E-state index contributed by atoms with van der Waals surface area (Å²) in [5.74, 6) is 3.14. The van der Waals surface area contributed by atoms with Crippen LogP contribution in [0.4, 0.5) is 0 Å². The number of rotatable bonds is 9. The predicted octanol–water partition coefficient (Wildman–Crippen LogP) is 4.45. The Labute approximate surface area is 151 Å². The lowest BCUT2D eigenvalue weighted by Crippen LogP contribution is -2.39. The minimum Gasteiger partial charge on any atom is -0.481 e. The van der Waals surface area contributed by atoms with Gasteiger partial charge in [-0.1, -0.05) is 18.5 Å². The highest BCUT2D eigenvalue weighted by Gasteiger charge is 2.18. The number of ether oxygens (including phenoxy) is 1. The van der Waals surface area contributed by atoms with E-state index in [0.29, 0.717) is 23.7 Å². The van der Waals surface area contributed by atoms with Crippen molar-refractivity contribution in [1.82, 2.24) is 5.32 Å². The molecular weight excluding hydrogens is 346 g/mol. The van der Waals surface area contributed by atoms with Crippen LogP contribution < -0.4 is 10.1 Å². The zero-order chi connectivity index (χ0) is 17.4. The number of aryl methyl sites for hydroxylation is 1. The number of halogens is 1. The van der Waals surface area contributed by atoms with Crippen molar-refractivity contribution < 1.29 is 13.9 Å². The first kappa shape index (κ1) is 18.7.